The van der Waals surface area contributed by atoms with Gasteiger partial charge in [0.2, 0.25) is 0 Å². The van der Waals surface area contributed by atoms with Gasteiger partial charge in [-0.15, -0.1) is 0 Å². The Morgan fingerprint density at radius 1 is 0.889 bits per heavy atom. The van der Waals surface area contributed by atoms with E-state index in [1.807, 2.05) is 36.4 Å². The molecule has 0 bridgehead atoms. The van der Waals surface area contributed by atoms with Crippen molar-refractivity contribution in [2.45, 2.75) is 19.3 Å². The SMILES string of the molecule is CC1(C)C=C(c2c(F)cccc2Cl)Oc2cc(-c3ccc(Cl)cc3)ccc21. The fraction of sp³-hybridized carbons (Fsp3) is 0.130. The molecular formula is C23H17Cl2FO. The van der Waals surface area contributed by atoms with Gasteiger partial charge in [-0.1, -0.05) is 67.4 Å². The van der Waals surface area contributed by atoms with Crippen LogP contribution in [0.1, 0.15) is 25.0 Å². The van der Waals surface area contributed by atoms with Crippen molar-refractivity contribution in [2.24, 2.45) is 0 Å². The van der Waals surface area contributed by atoms with Crippen LogP contribution in [-0.2, 0) is 5.41 Å². The third-order valence-electron chi connectivity index (χ3n) is 4.77. The Hall–Kier alpha value is -2.29. The molecule has 3 aromatic rings. The zero-order chi connectivity index (χ0) is 19.2. The minimum atomic E-state index is -0.401. The number of allylic oxidation sites excluding steroid dienone is 1. The molecule has 0 atom stereocenters. The first-order chi connectivity index (χ1) is 12.8. The highest BCUT2D eigenvalue weighted by molar-refractivity contribution is 6.32. The van der Waals surface area contributed by atoms with Crippen LogP contribution in [0.5, 0.6) is 5.75 Å². The average Bonchev–Trinajstić information content (AvgIpc) is 2.61. The van der Waals surface area contributed by atoms with Crippen LogP contribution in [0.15, 0.2) is 66.7 Å². The fourth-order valence-electron chi connectivity index (χ4n) is 3.37. The lowest BCUT2D eigenvalue weighted by atomic mass is 9.80. The summed E-state index contributed by atoms with van der Waals surface area (Å²) in [7, 11) is 0. The summed E-state index contributed by atoms with van der Waals surface area (Å²) >= 11 is 12.2. The van der Waals surface area contributed by atoms with Crippen molar-refractivity contribution in [1.29, 1.82) is 0 Å². The Bertz CT molecular complexity index is 1030. The van der Waals surface area contributed by atoms with Gasteiger partial charge in [0, 0.05) is 16.0 Å². The summed E-state index contributed by atoms with van der Waals surface area (Å²) in [5.74, 6) is 0.731. The van der Waals surface area contributed by atoms with Crippen molar-refractivity contribution < 1.29 is 9.13 Å². The molecule has 0 aromatic heterocycles. The second-order valence-corrected chi connectivity index (χ2v) is 7.99. The molecule has 4 heteroatoms. The fourth-order valence-corrected chi connectivity index (χ4v) is 3.75. The molecule has 1 nitrogen and oxygen atoms in total. The Morgan fingerprint density at radius 2 is 1.59 bits per heavy atom. The van der Waals surface area contributed by atoms with E-state index in [9.17, 15) is 4.39 Å². The number of hydrogen-bond donors (Lipinski definition) is 0. The lowest BCUT2D eigenvalue weighted by molar-refractivity contribution is 0.456. The molecule has 0 saturated carbocycles. The molecule has 3 aromatic carbocycles. The van der Waals surface area contributed by atoms with Crippen molar-refractivity contribution in [1.82, 2.24) is 0 Å². The van der Waals surface area contributed by atoms with Gasteiger partial charge in [-0.25, -0.2) is 4.39 Å². The van der Waals surface area contributed by atoms with Crippen LogP contribution in [0.25, 0.3) is 16.9 Å². The average molecular weight is 399 g/mol. The van der Waals surface area contributed by atoms with E-state index in [1.54, 1.807) is 12.1 Å². The first-order valence-corrected chi connectivity index (χ1v) is 9.36. The van der Waals surface area contributed by atoms with E-state index in [-0.39, 0.29) is 11.0 Å². The molecule has 136 valence electrons. The Kier molecular flexibility index (Phi) is 4.49. The second kappa shape index (κ2) is 6.70. The van der Waals surface area contributed by atoms with Crippen LogP contribution >= 0.6 is 23.2 Å². The van der Waals surface area contributed by atoms with Gasteiger partial charge >= 0.3 is 0 Å². The first kappa shape index (κ1) is 18.1. The van der Waals surface area contributed by atoms with Gasteiger partial charge in [0.15, 0.2) is 0 Å². The van der Waals surface area contributed by atoms with Gasteiger partial charge < -0.3 is 4.74 Å². The van der Waals surface area contributed by atoms with Gasteiger partial charge in [0.25, 0.3) is 0 Å². The summed E-state index contributed by atoms with van der Waals surface area (Å²) in [5, 5.41) is 1.02. The van der Waals surface area contributed by atoms with E-state index in [4.69, 9.17) is 27.9 Å². The summed E-state index contributed by atoms with van der Waals surface area (Å²) in [5.41, 5.74) is 3.03. The van der Waals surface area contributed by atoms with E-state index < -0.39 is 5.82 Å². The van der Waals surface area contributed by atoms with E-state index in [2.05, 4.69) is 26.0 Å². The van der Waals surface area contributed by atoms with Gasteiger partial charge in [0.1, 0.15) is 17.3 Å². The summed E-state index contributed by atoms with van der Waals surface area (Å²) in [6.07, 6.45) is 1.92. The highest BCUT2D eigenvalue weighted by atomic mass is 35.5. The maximum Gasteiger partial charge on any atom is 0.136 e. The number of hydrogen-bond acceptors (Lipinski definition) is 1. The van der Waals surface area contributed by atoms with Gasteiger partial charge in [-0.05, 0) is 47.5 Å². The van der Waals surface area contributed by atoms with Crippen LogP contribution in [0.2, 0.25) is 10.0 Å². The van der Waals surface area contributed by atoms with Crippen molar-refractivity contribution >= 4 is 29.0 Å². The van der Waals surface area contributed by atoms with Crippen LogP contribution in [0.3, 0.4) is 0 Å². The molecule has 27 heavy (non-hydrogen) atoms. The standard InChI is InChI=1S/C23H17Cl2FO/c1-23(2)13-21(22-18(25)4-3-5-19(22)26)27-20-12-15(8-11-17(20)23)14-6-9-16(24)10-7-14/h3-13H,1-2H3. The Morgan fingerprint density at radius 3 is 2.30 bits per heavy atom. The van der Waals surface area contributed by atoms with Crippen molar-refractivity contribution in [3.63, 3.8) is 0 Å². The lowest BCUT2D eigenvalue weighted by Crippen LogP contribution is -2.21. The van der Waals surface area contributed by atoms with Crippen LogP contribution in [0, 0.1) is 5.82 Å². The number of rotatable bonds is 2. The first-order valence-electron chi connectivity index (χ1n) is 8.61. The maximum absolute atomic E-state index is 14.4. The van der Waals surface area contributed by atoms with Crippen molar-refractivity contribution in [3.8, 4) is 16.9 Å². The highest BCUT2D eigenvalue weighted by Crippen LogP contribution is 2.44. The number of fused-ring (bicyclic) bond motifs is 1. The predicted octanol–water partition coefficient (Wildman–Crippen LogP) is 7.51. The zero-order valence-corrected chi connectivity index (χ0v) is 16.4. The smallest absolute Gasteiger partial charge is 0.136 e. The zero-order valence-electron chi connectivity index (χ0n) is 14.9. The molecule has 1 heterocycles. The third-order valence-corrected chi connectivity index (χ3v) is 5.34. The Labute approximate surface area is 168 Å². The predicted molar refractivity (Wildman–Crippen MR) is 110 cm³/mol. The third kappa shape index (κ3) is 3.36. The summed E-state index contributed by atoms with van der Waals surface area (Å²) in [6.45, 7) is 4.15. The lowest BCUT2D eigenvalue weighted by Gasteiger charge is -2.31. The van der Waals surface area contributed by atoms with Crippen LogP contribution in [-0.4, -0.2) is 0 Å². The van der Waals surface area contributed by atoms with Gasteiger partial charge in [0.05, 0.1) is 10.6 Å². The molecule has 4 rings (SSSR count). The van der Waals surface area contributed by atoms with Crippen LogP contribution in [0.4, 0.5) is 4.39 Å². The molecule has 0 unspecified atom stereocenters. The molecule has 0 radical (unpaired) electrons. The second-order valence-electron chi connectivity index (χ2n) is 7.15. The molecule has 0 fully saturated rings. The maximum atomic E-state index is 14.4. The number of halogens is 3. The van der Waals surface area contributed by atoms with Crippen molar-refractivity contribution in [2.75, 3.05) is 0 Å². The minimum Gasteiger partial charge on any atom is -0.457 e. The van der Waals surface area contributed by atoms with E-state index >= 15 is 0 Å². The summed E-state index contributed by atoms with van der Waals surface area (Å²) in [4.78, 5) is 0. The van der Waals surface area contributed by atoms with Gasteiger partial charge in [-0.2, -0.15) is 0 Å². The van der Waals surface area contributed by atoms with Crippen molar-refractivity contribution in [3.05, 3.63) is 93.7 Å². The van der Waals surface area contributed by atoms with E-state index in [0.717, 1.165) is 16.7 Å². The number of benzene rings is 3. The molecule has 1 aliphatic rings. The van der Waals surface area contributed by atoms with E-state index in [1.165, 1.54) is 6.07 Å². The normalized spacial score (nSPS) is 14.9. The monoisotopic (exact) mass is 398 g/mol. The summed E-state index contributed by atoms with van der Waals surface area (Å²) < 4.78 is 20.5. The molecule has 0 saturated heterocycles. The molecule has 0 amide bonds. The number of ether oxygens (including phenoxy) is 1. The molecule has 0 N–H and O–H groups in total. The Balaban J connectivity index is 1.81. The van der Waals surface area contributed by atoms with E-state index in [0.29, 0.717) is 21.6 Å². The summed E-state index contributed by atoms with van der Waals surface area (Å²) in [6, 6.07) is 18.3. The topological polar surface area (TPSA) is 9.23 Å². The van der Waals surface area contributed by atoms with Crippen LogP contribution < -0.4 is 4.74 Å². The van der Waals surface area contributed by atoms with Gasteiger partial charge in [-0.3, -0.25) is 0 Å². The highest BCUT2D eigenvalue weighted by Gasteiger charge is 2.31. The quantitative estimate of drug-likeness (QED) is 0.433. The minimum absolute atomic E-state index is 0.287. The molecule has 0 aliphatic carbocycles. The molecule has 1 aliphatic heterocycles. The molecule has 0 spiro atoms. The molecular weight excluding hydrogens is 382 g/mol. The largest absolute Gasteiger partial charge is 0.457 e.